The Morgan fingerprint density at radius 2 is 1.96 bits per heavy atom. The molecule has 4 rings (SSSR count). The molecule has 1 aromatic carbocycles. The number of nitrogens with zero attached hydrogens (tertiary/aromatic N) is 4. The van der Waals surface area contributed by atoms with Gasteiger partial charge in [0.25, 0.3) is 5.91 Å². The average Bonchev–Trinajstić information content (AvgIpc) is 3.12. The number of likely N-dealkylation sites (N-methyl/N-ethyl adjacent to an activating group) is 1. The maximum Gasteiger partial charge on any atom is 0.327 e. The number of fused-ring (bicyclic) bond motifs is 3. The summed E-state index contributed by atoms with van der Waals surface area (Å²) in [7, 11) is 4.96. The van der Waals surface area contributed by atoms with E-state index in [9.17, 15) is 9.59 Å². The van der Waals surface area contributed by atoms with Crippen LogP contribution in [-0.2, 0) is 9.53 Å². The number of para-hydroxylation sites is 2. The number of carbonyl (C=O) groups is 2. The Hall–Kier alpha value is -2.36. The first kappa shape index (κ1) is 19.0. The number of carbonyl (C=O) groups excluding carboxylic acids is 2. The predicted molar refractivity (Wildman–Crippen MR) is 103 cm³/mol. The molecule has 3 saturated heterocycles. The summed E-state index contributed by atoms with van der Waals surface area (Å²) < 4.78 is 10.6. The number of urea groups is 1. The zero-order valence-corrected chi connectivity index (χ0v) is 16.5. The van der Waals surface area contributed by atoms with Gasteiger partial charge < -0.3 is 19.3 Å². The fourth-order valence-corrected chi connectivity index (χ4v) is 4.42. The second-order valence-electron chi connectivity index (χ2n) is 7.26. The molecule has 9 nitrogen and oxygen atoms in total. The number of benzene rings is 1. The van der Waals surface area contributed by atoms with E-state index in [-0.39, 0.29) is 30.9 Å². The third-order valence-corrected chi connectivity index (χ3v) is 5.78. The van der Waals surface area contributed by atoms with Gasteiger partial charge in [0.05, 0.1) is 25.9 Å². The van der Waals surface area contributed by atoms with Crippen molar-refractivity contribution in [2.45, 2.75) is 24.9 Å². The van der Waals surface area contributed by atoms with Crippen LogP contribution in [0.1, 0.15) is 6.42 Å². The second-order valence-corrected chi connectivity index (χ2v) is 7.26. The molecular formula is C19H27N5O4. The smallest absolute Gasteiger partial charge is 0.327 e. The summed E-state index contributed by atoms with van der Waals surface area (Å²) in [6.07, 6.45) is 0.378. The molecule has 152 valence electrons. The first-order chi connectivity index (χ1) is 13.6. The SMILES string of the molecule is COCCN1C(=O)C2C(NC3N(c4ccccc4OC)CCCN23)N(C)C1=O. The van der Waals surface area contributed by atoms with E-state index >= 15 is 0 Å². The fraction of sp³-hybridized carbons (Fsp3) is 0.579. The van der Waals surface area contributed by atoms with Gasteiger partial charge >= 0.3 is 6.03 Å². The molecular weight excluding hydrogens is 362 g/mol. The highest BCUT2D eigenvalue weighted by Gasteiger charge is 2.56. The van der Waals surface area contributed by atoms with Gasteiger partial charge in [0, 0.05) is 27.2 Å². The van der Waals surface area contributed by atoms with Gasteiger partial charge in [-0.25, -0.2) is 4.79 Å². The Morgan fingerprint density at radius 3 is 2.71 bits per heavy atom. The highest BCUT2D eigenvalue weighted by molar-refractivity contribution is 6.00. The van der Waals surface area contributed by atoms with E-state index in [1.807, 2.05) is 24.3 Å². The lowest BCUT2D eigenvalue weighted by Gasteiger charge is -2.44. The molecule has 3 aliphatic rings. The number of nitrogens with one attached hydrogen (secondary N) is 1. The third kappa shape index (κ3) is 2.90. The topological polar surface area (TPSA) is 77.6 Å². The first-order valence-corrected chi connectivity index (χ1v) is 9.57. The van der Waals surface area contributed by atoms with Gasteiger partial charge in [0.1, 0.15) is 24.2 Å². The normalized spacial score (nSPS) is 27.8. The lowest BCUT2D eigenvalue weighted by atomic mass is 10.1. The van der Waals surface area contributed by atoms with Crippen molar-refractivity contribution >= 4 is 17.6 Å². The molecule has 3 aliphatic heterocycles. The summed E-state index contributed by atoms with van der Waals surface area (Å²) in [5, 5.41) is 3.50. The quantitative estimate of drug-likeness (QED) is 0.778. The van der Waals surface area contributed by atoms with Gasteiger partial charge in [-0.1, -0.05) is 12.1 Å². The van der Waals surface area contributed by atoms with Crippen LogP contribution in [0, 0.1) is 0 Å². The molecule has 3 amide bonds. The summed E-state index contributed by atoms with van der Waals surface area (Å²) in [5.74, 6) is 0.625. The standard InChI is InChI=1S/C19H27N5O4/c1-21-16-15(17(25)24(19(21)26)11-12-27-2)23-10-6-9-22(18(23)20-16)13-7-4-5-8-14(13)28-3/h4-5,7-8,15-16,18,20H,6,9-12H2,1-3H3. The molecule has 9 heteroatoms. The van der Waals surface area contributed by atoms with Crippen LogP contribution in [-0.4, -0.2) is 92.6 Å². The maximum atomic E-state index is 13.2. The Balaban J connectivity index is 1.64. The van der Waals surface area contributed by atoms with Gasteiger partial charge in [-0.15, -0.1) is 0 Å². The van der Waals surface area contributed by atoms with Crippen molar-refractivity contribution < 1.29 is 19.1 Å². The number of hydrogen-bond acceptors (Lipinski definition) is 7. The molecule has 0 spiro atoms. The van der Waals surface area contributed by atoms with Crippen molar-refractivity contribution in [3.8, 4) is 5.75 Å². The fourth-order valence-electron chi connectivity index (χ4n) is 4.42. The van der Waals surface area contributed by atoms with E-state index in [0.29, 0.717) is 6.61 Å². The van der Waals surface area contributed by atoms with E-state index in [0.717, 1.165) is 30.9 Å². The minimum absolute atomic E-state index is 0.165. The molecule has 0 saturated carbocycles. The van der Waals surface area contributed by atoms with Crippen molar-refractivity contribution in [3.63, 3.8) is 0 Å². The first-order valence-electron chi connectivity index (χ1n) is 9.57. The Morgan fingerprint density at radius 1 is 1.18 bits per heavy atom. The lowest BCUT2D eigenvalue weighted by molar-refractivity contribution is -0.139. The van der Waals surface area contributed by atoms with E-state index in [2.05, 4.69) is 15.1 Å². The Labute approximate surface area is 164 Å². The summed E-state index contributed by atoms with van der Waals surface area (Å²) in [5.41, 5.74) is 0.975. The second kappa shape index (κ2) is 7.57. The van der Waals surface area contributed by atoms with Crippen LogP contribution in [0.3, 0.4) is 0 Å². The lowest BCUT2D eigenvalue weighted by Crippen LogP contribution is -2.66. The maximum absolute atomic E-state index is 13.2. The van der Waals surface area contributed by atoms with Crippen LogP contribution in [0.15, 0.2) is 24.3 Å². The van der Waals surface area contributed by atoms with Crippen LogP contribution in [0.25, 0.3) is 0 Å². The van der Waals surface area contributed by atoms with Gasteiger partial charge in [-0.2, -0.15) is 0 Å². The van der Waals surface area contributed by atoms with E-state index in [1.165, 1.54) is 4.90 Å². The van der Waals surface area contributed by atoms with Crippen LogP contribution >= 0.6 is 0 Å². The molecule has 0 bridgehead atoms. The predicted octanol–water partition coefficient (Wildman–Crippen LogP) is 0.329. The van der Waals surface area contributed by atoms with Gasteiger partial charge in [-0.05, 0) is 18.6 Å². The molecule has 28 heavy (non-hydrogen) atoms. The number of amides is 3. The number of methoxy groups -OCH3 is 2. The molecule has 3 atom stereocenters. The van der Waals surface area contributed by atoms with Crippen molar-refractivity contribution in [1.82, 2.24) is 20.0 Å². The van der Waals surface area contributed by atoms with Gasteiger partial charge in [-0.3, -0.25) is 19.9 Å². The van der Waals surface area contributed by atoms with Crippen LogP contribution < -0.4 is 15.0 Å². The largest absolute Gasteiger partial charge is 0.495 e. The molecule has 3 fully saturated rings. The van der Waals surface area contributed by atoms with Crippen molar-refractivity contribution in [2.24, 2.45) is 0 Å². The van der Waals surface area contributed by atoms with Crippen LogP contribution in [0.5, 0.6) is 5.75 Å². The number of imide groups is 1. The Kier molecular flexibility index (Phi) is 5.13. The molecule has 1 N–H and O–H groups in total. The third-order valence-electron chi connectivity index (χ3n) is 5.78. The number of rotatable bonds is 5. The molecule has 3 unspecified atom stereocenters. The Bertz CT molecular complexity index is 760. The summed E-state index contributed by atoms with van der Waals surface area (Å²) in [6.45, 7) is 2.22. The molecule has 0 aliphatic carbocycles. The molecule has 1 aromatic rings. The summed E-state index contributed by atoms with van der Waals surface area (Å²) >= 11 is 0. The van der Waals surface area contributed by atoms with E-state index < -0.39 is 6.04 Å². The van der Waals surface area contributed by atoms with E-state index in [1.54, 1.807) is 26.2 Å². The van der Waals surface area contributed by atoms with Crippen molar-refractivity contribution in [3.05, 3.63) is 24.3 Å². The monoisotopic (exact) mass is 389 g/mol. The summed E-state index contributed by atoms with van der Waals surface area (Å²) in [6, 6.07) is 7.17. The highest BCUT2D eigenvalue weighted by Crippen LogP contribution is 2.36. The molecule has 0 radical (unpaired) electrons. The van der Waals surface area contributed by atoms with Crippen LogP contribution in [0.4, 0.5) is 10.5 Å². The highest BCUT2D eigenvalue weighted by atomic mass is 16.5. The molecule has 3 heterocycles. The van der Waals surface area contributed by atoms with Crippen LogP contribution in [0.2, 0.25) is 0 Å². The molecule has 0 aromatic heterocycles. The van der Waals surface area contributed by atoms with Crippen molar-refractivity contribution in [1.29, 1.82) is 0 Å². The van der Waals surface area contributed by atoms with Gasteiger partial charge in [0.15, 0.2) is 0 Å². The van der Waals surface area contributed by atoms with Crippen molar-refractivity contribution in [2.75, 3.05) is 52.4 Å². The van der Waals surface area contributed by atoms with Gasteiger partial charge in [0.2, 0.25) is 0 Å². The number of hydrogen-bond donors (Lipinski definition) is 1. The summed E-state index contributed by atoms with van der Waals surface area (Å²) in [4.78, 5) is 33.2. The average molecular weight is 389 g/mol. The van der Waals surface area contributed by atoms with E-state index in [4.69, 9.17) is 9.47 Å². The zero-order chi connectivity index (χ0) is 19.8. The number of ether oxygens (including phenoxy) is 2. The minimum Gasteiger partial charge on any atom is -0.495 e. The number of anilines is 1. The zero-order valence-electron chi connectivity index (χ0n) is 16.5. The minimum atomic E-state index is -0.415.